The summed E-state index contributed by atoms with van der Waals surface area (Å²) in [4.78, 5) is 23.9. The maximum absolute atomic E-state index is 11.9. The molecule has 0 aromatic heterocycles. The second-order valence-corrected chi connectivity index (χ2v) is 4.66. The Morgan fingerprint density at radius 1 is 0.750 bits per heavy atom. The fourth-order valence-corrected chi connectivity index (χ4v) is 2.01. The summed E-state index contributed by atoms with van der Waals surface area (Å²) in [7, 11) is 2.65. The zero-order valence-electron chi connectivity index (χ0n) is 13.4. The lowest BCUT2D eigenvalue weighted by atomic mass is 9.92. The van der Waals surface area contributed by atoms with Crippen molar-refractivity contribution in [3.8, 4) is 0 Å². The smallest absolute Gasteiger partial charge is 0.335 e. The van der Waals surface area contributed by atoms with Crippen LogP contribution in [-0.4, -0.2) is 37.2 Å². The highest BCUT2D eigenvalue weighted by atomic mass is 16.5. The van der Waals surface area contributed by atoms with E-state index < -0.39 is 23.0 Å². The minimum atomic E-state index is -1.03. The first-order valence-electron chi connectivity index (χ1n) is 7.02. The SMILES string of the molecule is CCC(CC)(N=NC(CC)(CC)C(=O)OC)C(=O)OC. The lowest BCUT2D eigenvalue weighted by Gasteiger charge is -2.27. The van der Waals surface area contributed by atoms with Gasteiger partial charge in [-0.3, -0.25) is 0 Å². The molecule has 0 atom stereocenters. The minimum Gasteiger partial charge on any atom is -0.467 e. The number of azo groups is 1. The van der Waals surface area contributed by atoms with E-state index in [1.807, 2.05) is 27.7 Å². The number of hydrogen-bond donors (Lipinski definition) is 0. The molecule has 0 spiro atoms. The van der Waals surface area contributed by atoms with E-state index in [9.17, 15) is 9.59 Å². The van der Waals surface area contributed by atoms with Crippen molar-refractivity contribution in [3.05, 3.63) is 0 Å². The molecule has 0 aliphatic heterocycles. The second kappa shape index (κ2) is 7.97. The molecule has 0 saturated heterocycles. The van der Waals surface area contributed by atoms with Crippen LogP contribution in [0.3, 0.4) is 0 Å². The van der Waals surface area contributed by atoms with Gasteiger partial charge in [-0.15, -0.1) is 0 Å². The monoisotopic (exact) mass is 286 g/mol. The molecular formula is C14H26N2O4. The summed E-state index contributed by atoms with van der Waals surface area (Å²) < 4.78 is 9.62. The van der Waals surface area contributed by atoms with Gasteiger partial charge in [0.1, 0.15) is 0 Å². The van der Waals surface area contributed by atoms with Crippen LogP contribution in [-0.2, 0) is 19.1 Å². The Morgan fingerprint density at radius 3 is 1.15 bits per heavy atom. The third kappa shape index (κ3) is 3.55. The summed E-state index contributed by atoms with van der Waals surface area (Å²) >= 11 is 0. The molecular weight excluding hydrogens is 260 g/mol. The molecule has 0 unspecified atom stereocenters. The summed E-state index contributed by atoms with van der Waals surface area (Å²) in [6.07, 6.45) is 1.85. The van der Waals surface area contributed by atoms with Crippen molar-refractivity contribution in [1.29, 1.82) is 0 Å². The molecule has 0 fully saturated rings. The highest BCUT2D eigenvalue weighted by Gasteiger charge is 2.41. The second-order valence-electron chi connectivity index (χ2n) is 4.66. The van der Waals surface area contributed by atoms with Crippen LogP contribution in [0.4, 0.5) is 0 Å². The van der Waals surface area contributed by atoms with Crippen LogP contribution in [0.1, 0.15) is 53.4 Å². The van der Waals surface area contributed by atoms with Gasteiger partial charge in [-0.05, 0) is 25.7 Å². The first kappa shape index (κ1) is 18.5. The van der Waals surface area contributed by atoms with E-state index in [1.165, 1.54) is 14.2 Å². The molecule has 0 aromatic rings. The van der Waals surface area contributed by atoms with Crippen LogP contribution in [0, 0.1) is 0 Å². The van der Waals surface area contributed by atoms with Crippen molar-refractivity contribution in [2.45, 2.75) is 64.5 Å². The van der Waals surface area contributed by atoms with Crippen molar-refractivity contribution in [1.82, 2.24) is 0 Å². The third-order valence-electron chi connectivity index (χ3n) is 3.90. The number of ether oxygens (including phenoxy) is 2. The predicted octanol–water partition coefficient (Wildman–Crippen LogP) is 2.90. The van der Waals surface area contributed by atoms with Crippen molar-refractivity contribution in [2.75, 3.05) is 14.2 Å². The van der Waals surface area contributed by atoms with Gasteiger partial charge in [0.15, 0.2) is 11.1 Å². The van der Waals surface area contributed by atoms with E-state index in [-0.39, 0.29) is 0 Å². The van der Waals surface area contributed by atoms with Crippen LogP contribution in [0.5, 0.6) is 0 Å². The minimum absolute atomic E-state index is 0.433. The number of carbonyl (C=O) groups is 2. The fraction of sp³-hybridized carbons (Fsp3) is 0.857. The number of esters is 2. The van der Waals surface area contributed by atoms with Gasteiger partial charge >= 0.3 is 11.9 Å². The Morgan fingerprint density at radius 2 is 1.00 bits per heavy atom. The highest BCUT2D eigenvalue weighted by molar-refractivity contribution is 5.82. The molecule has 0 heterocycles. The Labute approximate surface area is 120 Å². The summed E-state index contributed by atoms with van der Waals surface area (Å²) in [5.41, 5.74) is -2.06. The number of hydrogen-bond acceptors (Lipinski definition) is 6. The van der Waals surface area contributed by atoms with Crippen LogP contribution in [0.15, 0.2) is 10.2 Å². The highest BCUT2D eigenvalue weighted by Crippen LogP contribution is 2.28. The Hall–Kier alpha value is -1.46. The van der Waals surface area contributed by atoms with E-state index in [1.54, 1.807) is 0 Å². The average Bonchev–Trinajstić information content (AvgIpc) is 2.51. The van der Waals surface area contributed by atoms with Gasteiger partial charge < -0.3 is 9.47 Å². The van der Waals surface area contributed by atoms with Crippen LogP contribution in [0.25, 0.3) is 0 Å². The molecule has 6 nitrogen and oxygen atoms in total. The standard InChI is InChI=1S/C14H26N2O4/c1-7-13(8-2,11(17)19-5)15-16-14(9-3,10-4)12(18)20-6/h7-10H2,1-6H3. The normalized spacial score (nSPS) is 12.5. The van der Waals surface area contributed by atoms with Gasteiger partial charge in [-0.25, -0.2) is 9.59 Å². The summed E-state index contributed by atoms with van der Waals surface area (Å²) in [5.74, 6) is -0.866. The van der Waals surface area contributed by atoms with Crippen LogP contribution < -0.4 is 0 Å². The molecule has 116 valence electrons. The Balaban J connectivity index is 5.57. The molecule has 20 heavy (non-hydrogen) atoms. The van der Waals surface area contributed by atoms with Gasteiger partial charge in [-0.1, -0.05) is 27.7 Å². The Bertz CT molecular complexity index is 324. The van der Waals surface area contributed by atoms with E-state index in [0.29, 0.717) is 25.7 Å². The number of methoxy groups -OCH3 is 2. The molecule has 0 saturated carbocycles. The van der Waals surface area contributed by atoms with Crippen LogP contribution in [0.2, 0.25) is 0 Å². The summed E-state index contributed by atoms with van der Waals surface area (Å²) in [6.45, 7) is 7.38. The van der Waals surface area contributed by atoms with Gasteiger partial charge in [0, 0.05) is 0 Å². The molecule has 0 aliphatic rings. The van der Waals surface area contributed by atoms with Crippen LogP contribution >= 0.6 is 0 Å². The molecule has 0 aromatic carbocycles. The van der Waals surface area contributed by atoms with Gasteiger partial charge in [-0.2, -0.15) is 10.2 Å². The van der Waals surface area contributed by atoms with Gasteiger partial charge in [0.25, 0.3) is 0 Å². The largest absolute Gasteiger partial charge is 0.467 e. The lowest BCUT2D eigenvalue weighted by molar-refractivity contribution is -0.150. The van der Waals surface area contributed by atoms with Gasteiger partial charge in [0.05, 0.1) is 14.2 Å². The molecule has 0 amide bonds. The molecule has 0 radical (unpaired) electrons. The average molecular weight is 286 g/mol. The van der Waals surface area contributed by atoms with Crippen molar-refractivity contribution in [2.24, 2.45) is 10.2 Å². The maximum Gasteiger partial charge on any atom is 0.335 e. The number of rotatable bonds is 8. The zero-order chi connectivity index (χ0) is 15.8. The van der Waals surface area contributed by atoms with Gasteiger partial charge in [0.2, 0.25) is 0 Å². The van der Waals surface area contributed by atoms with E-state index in [0.717, 1.165) is 0 Å². The first-order chi connectivity index (χ1) is 9.41. The van der Waals surface area contributed by atoms with E-state index >= 15 is 0 Å². The summed E-state index contributed by atoms with van der Waals surface area (Å²) in [6, 6.07) is 0. The molecule has 0 aliphatic carbocycles. The fourth-order valence-electron chi connectivity index (χ4n) is 2.01. The predicted molar refractivity (Wildman–Crippen MR) is 75.5 cm³/mol. The Kier molecular flexibility index (Phi) is 7.39. The number of carbonyl (C=O) groups excluding carboxylic acids is 2. The van der Waals surface area contributed by atoms with E-state index in [2.05, 4.69) is 10.2 Å². The summed E-state index contributed by atoms with van der Waals surface area (Å²) in [5, 5.41) is 8.39. The molecule has 6 heteroatoms. The van der Waals surface area contributed by atoms with Crippen molar-refractivity contribution in [3.63, 3.8) is 0 Å². The third-order valence-corrected chi connectivity index (χ3v) is 3.90. The maximum atomic E-state index is 11.9. The zero-order valence-corrected chi connectivity index (χ0v) is 13.4. The van der Waals surface area contributed by atoms with Crippen molar-refractivity contribution < 1.29 is 19.1 Å². The quantitative estimate of drug-likeness (QED) is 0.507. The first-order valence-corrected chi connectivity index (χ1v) is 7.02. The molecule has 0 rings (SSSR count). The topological polar surface area (TPSA) is 77.3 Å². The van der Waals surface area contributed by atoms with E-state index in [4.69, 9.17) is 9.47 Å². The lowest BCUT2D eigenvalue weighted by Crippen LogP contribution is -2.40. The molecule has 0 bridgehead atoms. The van der Waals surface area contributed by atoms with Crippen molar-refractivity contribution >= 4 is 11.9 Å². The molecule has 0 N–H and O–H groups in total. The number of nitrogens with zero attached hydrogens (tertiary/aromatic N) is 2.